The lowest BCUT2D eigenvalue weighted by atomic mass is 10.2. The minimum absolute atomic E-state index is 0.238. The van der Waals surface area contributed by atoms with Crippen LogP contribution in [-0.2, 0) is 19.4 Å². The van der Waals surface area contributed by atoms with Crippen LogP contribution in [0.1, 0.15) is 33.0 Å². The van der Waals surface area contributed by atoms with E-state index in [0.717, 1.165) is 35.4 Å². The van der Waals surface area contributed by atoms with Crippen molar-refractivity contribution < 1.29 is 9.18 Å². The molecule has 0 bridgehead atoms. The number of thiophene rings is 1. The van der Waals surface area contributed by atoms with Gasteiger partial charge in [0.05, 0.1) is 10.9 Å². The quantitative estimate of drug-likeness (QED) is 0.744. The van der Waals surface area contributed by atoms with E-state index >= 15 is 0 Å². The third kappa shape index (κ3) is 3.07. The normalized spacial score (nSPS) is 13.0. The van der Waals surface area contributed by atoms with Crippen LogP contribution in [0, 0.1) is 5.82 Å². The monoisotopic (exact) mass is 375 g/mol. The molecular weight excluding hydrogens is 361 g/mol. The van der Waals surface area contributed by atoms with Gasteiger partial charge in [0, 0.05) is 16.1 Å². The molecule has 0 atom stereocenters. The highest BCUT2D eigenvalue weighted by atomic mass is 35.5. The Bertz CT molecular complexity index is 950. The van der Waals surface area contributed by atoms with Gasteiger partial charge in [0.1, 0.15) is 11.5 Å². The molecule has 128 valence electrons. The Kier molecular flexibility index (Phi) is 4.31. The van der Waals surface area contributed by atoms with E-state index in [-0.39, 0.29) is 11.7 Å². The van der Waals surface area contributed by atoms with Gasteiger partial charge >= 0.3 is 0 Å². The third-order valence-electron chi connectivity index (χ3n) is 4.28. The summed E-state index contributed by atoms with van der Waals surface area (Å²) in [5.41, 5.74) is 2.61. The van der Waals surface area contributed by atoms with Crippen LogP contribution in [0.3, 0.4) is 0 Å². The van der Waals surface area contributed by atoms with Crippen molar-refractivity contribution in [2.24, 2.45) is 0 Å². The number of amides is 1. The Morgan fingerprint density at radius 1 is 1.28 bits per heavy atom. The number of halogens is 2. The predicted octanol–water partition coefficient (Wildman–Crippen LogP) is 4.15. The number of carbonyl (C=O) groups is 1. The SMILES string of the molecule is O=C(NCc1ccc(Cl)s1)c1nn(-c2ccccc2F)c2c1CCC2. The van der Waals surface area contributed by atoms with E-state index in [1.807, 2.05) is 6.07 Å². The van der Waals surface area contributed by atoms with E-state index in [1.54, 1.807) is 28.9 Å². The molecule has 25 heavy (non-hydrogen) atoms. The highest BCUT2D eigenvalue weighted by Gasteiger charge is 2.27. The molecule has 2 aromatic heterocycles. The largest absolute Gasteiger partial charge is 0.346 e. The Balaban J connectivity index is 1.63. The predicted molar refractivity (Wildman–Crippen MR) is 96.0 cm³/mol. The number of carbonyl (C=O) groups excluding carboxylic acids is 1. The highest BCUT2D eigenvalue weighted by Crippen LogP contribution is 2.29. The number of nitrogens with zero attached hydrogens (tertiary/aromatic N) is 2. The van der Waals surface area contributed by atoms with Crippen LogP contribution >= 0.6 is 22.9 Å². The lowest BCUT2D eigenvalue weighted by Gasteiger charge is -2.06. The van der Waals surface area contributed by atoms with Gasteiger partial charge in [0.15, 0.2) is 5.69 Å². The van der Waals surface area contributed by atoms with Crippen molar-refractivity contribution in [3.63, 3.8) is 0 Å². The van der Waals surface area contributed by atoms with Crippen molar-refractivity contribution >= 4 is 28.8 Å². The summed E-state index contributed by atoms with van der Waals surface area (Å²) in [5, 5.41) is 7.30. The average molecular weight is 376 g/mol. The van der Waals surface area contributed by atoms with Crippen LogP contribution in [0.15, 0.2) is 36.4 Å². The summed E-state index contributed by atoms with van der Waals surface area (Å²) in [6, 6.07) is 10.2. The van der Waals surface area contributed by atoms with Crippen LogP contribution in [-0.4, -0.2) is 15.7 Å². The van der Waals surface area contributed by atoms with E-state index in [0.29, 0.717) is 22.3 Å². The van der Waals surface area contributed by atoms with E-state index in [9.17, 15) is 9.18 Å². The maximum absolute atomic E-state index is 14.2. The fraction of sp³-hybridized carbons (Fsp3) is 0.222. The zero-order chi connectivity index (χ0) is 17.4. The van der Waals surface area contributed by atoms with Crippen molar-refractivity contribution in [2.45, 2.75) is 25.8 Å². The van der Waals surface area contributed by atoms with Crippen LogP contribution in [0.5, 0.6) is 0 Å². The second-order valence-electron chi connectivity index (χ2n) is 5.88. The van der Waals surface area contributed by atoms with Gasteiger partial charge < -0.3 is 5.32 Å². The number of aromatic nitrogens is 2. The zero-order valence-corrected chi connectivity index (χ0v) is 14.8. The van der Waals surface area contributed by atoms with E-state index < -0.39 is 0 Å². The van der Waals surface area contributed by atoms with Gasteiger partial charge in [-0.25, -0.2) is 9.07 Å². The Morgan fingerprint density at radius 3 is 2.88 bits per heavy atom. The van der Waals surface area contributed by atoms with E-state index in [4.69, 9.17) is 11.6 Å². The van der Waals surface area contributed by atoms with Crippen molar-refractivity contribution in [3.05, 3.63) is 68.4 Å². The highest BCUT2D eigenvalue weighted by molar-refractivity contribution is 7.16. The maximum atomic E-state index is 14.2. The molecule has 0 radical (unpaired) electrons. The van der Waals surface area contributed by atoms with Crippen LogP contribution in [0.4, 0.5) is 4.39 Å². The molecule has 0 unspecified atom stereocenters. The minimum Gasteiger partial charge on any atom is -0.346 e. The molecule has 1 aromatic carbocycles. The van der Waals surface area contributed by atoms with Crippen LogP contribution in [0.25, 0.3) is 5.69 Å². The van der Waals surface area contributed by atoms with Gasteiger partial charge in [-0.2, -0.15) is 5.10 Å². The first-order valence-corrected chi connectivity index (χ1v) is 9.21. The summed E-state index contributed by atoms with van der Waals surface area (Å²) in [6.07, 6.45) is 2.53. The molecule has 4 nitrogen and oxygen atoms in total. The van der Waals surface area contributed by atoms with Crippen LogP contribution < -0.4 is 5.32 Å². The van der Waals surface area contributed by atoms with Gasteiger partial charge in [-0.15, -0.1) is 11.3 Å². The average Bonchev–Trinajstić information content (AvgIpc) is 3.30. The lowest BCUT2D eigenvalue weighted by Crippen LogP contribution is -2.24. The van der Waals surface area contributed by atoms with Gasteiger partial charge in [0.2, 0.25) is 0 Å². The number of rotatable bonds is 4. The van der Waals surface area contributed by atoms with Gasteiger partial charge in [0.25, 0.3) is 5.91 Å². The number of fused-ring (bicyclic) bond motifs is 1. The Morgan fingerprint density at radius 2 is 2.12 bits per heavy atom. The molecule has 2 heterocycles. The number of para-hydroxylation sites is 1. The second-order valence-corrected chi connectivity index (χ2v) is 7.68. The number of hydrogen-bond acceptors (Lipinski definition) is 3. The van der Waals surface area contributed by atoms with E-state index in [2.05, 4.69) is 10.4 Å². The summed E-state index contributed by atoms with van der Waals surface area (Å²) in [6.45, 7) is 0.400. The number of nitrogens with one attached hydrogen (secondary N) is 1. The molecule has 1 amide bonds. The summed E-state index contributed by atoms with van der Waals surface area (Å²) >= 11 is 7.34. The number of benzene rings is 1. The lowest BCUT2D eigenvalue weighted by molar-refractivity contribution is 0.0945. The topological polar surface area (TPSA) is 46.9 Å². The van der Waals surface area contributed by atoms with Crippen molar-refractivity contribution in [3.8, 4) is 5.69 Å². The Hall–Kier alpha value is -2.18. The molecule has 0 saturated carbocycles. The van der Waals surface area contributed by atoms with Gasteiger partial charge in [-0.3, -0.25) is 4.79 Å². The molecular formula is C18H15ClFN3OS. The van der Waals surface area contributed by atoms with Gasteiger partial charge in [-0.1, -0.05) is 23.7 Å². The standard InChI is InChI=1S/C18H15ClFN3OS/c19-16-9-8-11(25-16)10-21-18(24)17-12-4-3-7-14(12)23(22-17)15-6-2-1-5-13(15)20/h1-2,5-6,8-9H,3-4,7,10H2,(H,21,24). The molecule has 0 aliphatic heterocycles. The summed E-state index contributed by atoms with van der Waals surface area (Å²) in [7, 11) is 0. The maximum Gasteiger partial charge on any atom is 0.272 e. The van der Waals surface area contributed by atoms with E-state index in [1.165, 1.54) is 17.4 Å². The second kappa shape index (κ2) is 6.61. The molecule has 1 N–H and O–H groups in total. The first-order valence-electron chi connectivity index (χ1n) is 8.01. The van der Waals surface area contributed by atoms with Crippen LogP contribution in [0.2, 0.25) is 4.34 Å². The molecule has 4 rings (SSSR count). The third-order valence-corrected chi connectivity index (χ3v) is 5.51. The molecule has 3 aromatic rings. The Labute approximate surface area is 153 Å². The minimum atomic E-state index is -0.347. The molecule has 0 spiro atoms. The molecule has 1 aliphatic rings. The fourth-order valence-electron chi connectivity index (χ4n) is 3.14. The molecule has 1 aliphatic carbocycles. The zero-order valence-electron chi connectivity index (χ0n) is 13.3. The molecule has 0 saturated heterocycles. The molecule has 7 heteroatoms. The van der Waals surface area contributed by atoms with Crippen molar-refractivity contribution in [1.82, 2.24) is 15.1 Å². The summed E-state index contributed by atoms with van der Waals surface area (Å²) in [4.78, 5) is 13.6. The van der Waals surface area contributed by atoms with Crippen molar-refractivity contribution in [1.29, 1.82) is 0 Å². The summed E-state index contributed by atoms with van der Waals surface area (Å²) in [5.74, 6) is -0.586. The first-order chi connectivity index (χ1) is 12.1. The fourth-order valence-corrected chi connectivity index (χ4v) is 4.17. The van der Waals surface area contributed by atoms with Crippen molar-refractivity contribution in [2.75, 3.05) is 0 Å². The smallest absolute Gasteiger partial charge is 0.272 e. The van der Waals surface area contributed by atoms with Gasteiger partial charge in [-0.05, 0) is 43.5 Å². The first kappa shape index (κ1) is 16.3. The number of hydrogen-bond donors (Lipinski definition) is 1. The molecule has 0 fully saturated rings. The summed E-state index contributed by atoms with van der Waals surface area (Å²) < 4.78 is 16.4.